The fraction of sp³-hybridized carbons (Fsp3) is 0.962. The molecule has 4 fully saturated rings. The van der Waals surface area contributed by atoms with Crippen LogP contribution in [0.25, 0.3) is 0 Å². The van der Waals surface area contributed by atoms with Crippen LogP contribution in [-0.2, 0) is 19.4 Å². The fourth-order valence-electron chi connectivity index (χ4n) is 8.73. The Morgan fingerprint density at radius 1 is 1.12 bits per heavy atom. The number of rotatable bonds is 7. The second kappa shape index (κ2) is 11.5. The molecular weight excluding hydrogens is 479 g/mol. The SMILES string of the molecule is CC(C)[C@@H](CC[C@@H](C)[C@H]1CCC2C3C(CCC21)[C@@]1(C)CCC(=O)C[C@@H]1C[C@H]3O)OS(=O)(=O)[O-].[K+]. The molecule has 4 aliphatic rings. The van der Waals surface area contributed by atoms with Gasteiger partial charge in [0, 0.05) is 12.8 Å². The predicted molar refractivity (Wildman–Crippen MR) is 125 cm³/mol. The number of hydrogen-bond donors (Lipinski definition) is 1. The van der Waals surface area contributed by atoms with Crippen LogP contribution in [0.15, 0.2) is 0 Å². The minimum absolute atomic E-state index is 0. The third kappa shape index (κ3) is 6.06. The van der Waals surface area contributed by atoms with E-state index >= 15 is 0 Å². The Hall–Kier alpha value is 1.14. The van der Waals surface area contributed by atoms with Crippen LogP contribution in [0.3, 0.4) is 0 Å². The topological polar surface area (TPSA) is 104 Å². The Kier molecular flexibility index (Phi) is 10.0. The van der Waals surface area contributed by atoms with Crippen LogP contribution in [0.2, 0.25) is 0 Å². The van der Waals surface area contributed by atoms with Crippen LogP contribution in [-0.4, -0.2) is 36.1 Å². The van der Waals surface area contributed by atoms with Crippen molar-refractivity contribution in [3.63, 3.8) is 0 Å². The van der Waals surface area contributed by atoms with Gasteiger partial charge in [0.25, 0.3) is 0 Å². The zero-order valence-electron chi connectivity index (χ0n) is 21.7. The van der Waals surface area contributed by atoms with Crippen LogP contribution in [0, 0.1) is 52.8 Å². The average Bonchev–Trinajstić information content (AvgIpc) is 3.15. The molecule has 0 aromatic carbocycles. The summed E-state index contributed by atoms with van der Waals surface area (Å²) in [6.07, 6.45) is 8.39. The molecule has 6 nitrogen and oxygen atoms in total. The van der Waals surface area contributed by atoms with E-state index in [1.54, 1.807) is 0 Å². The second-order valence-corrected chi connectivity index (χ2v) is 13.4. The molecule has 0 radical (unpaired) electrons. The van der Waals surface area contributed by atoms with E-state index in [0.29, 0.717) is 66.5 Å². The zero-order valence-corrected chi connectivity index (χ0v) is 25.7. The Morgan fingerprint density at radius 3 is 2.44 bits per heavy atom. The van der Waals surface area contributed by atoms with Gasteiger partial charge in [-0.05, 0) is 104 Å². The van der Waals surface area contributed by atoms with Crippen LogP contribution >= 0.6 is 0 Å². The zero-order chi connectivity index (χ0) is 24.1. The van der Waals surface area contributed by atoms with Gasteiger partial charge in [-0.3, -0.25) is 8.98 Å². The van der Waals surface area contributed by atoms with Crippen LogP contribution in [0.4, 0.5) is 0 Å². The van der Waals surface area contributed by atoms with Crippen LogP contribution < -0.4 is 51.4 Å². The molecule has 190 valence electrons. The molecule has 4 saturated carbocycles. The molecule has 0 saturated heterocycles. The molecule has 0 aliphatic heterocycles. The van der Waals surface area contributed by atoms with Gasteiger partial charge >= 0.3 is 51.4 Å². The number of fused-ring (bicyclic) bond motifs is 5. The van der Waals surface area contributed by atoms with Crippen molar-refractivity contribution in [3.05, 3.63) is 0 Å². The van der Waals surface area contributed by atoms with Crippen LogP contribution in [0.1, 0.15) is 91.9 Å². The smallest absolute Gasteiger partial charge is 0.726 e. The molecular formula is C26H43KO6S. The Labute approximate surface area is 249 Å². The molecule has 34 heavy (non-hydrogen) atoms. The van der Waals surface area contributed by atoms with Crippen LogP contribution in [0.5, 0.6) is 0 Å². The molecule has 10 atom stereocenters. The number of hydrogen-bond acceptors (Lipinski definition) is 6. The summed E-state index contributed by atoms with van der Waals surface area (Å²) in [5.74, 6) is 3.76. The van der Waals surface area contributed by atoms with E-state index in [1.165, 1.54) is 6.42 Å². The summed E-state index contributed by atoms with van der Waals surface area (Å²) in [6, 6.07) is 0. The molecule has 1 N–H and O–H groups in total. The van der Waals surface area contributed by atoms with Gasteiger partial charge in [0.2, 0.25) is 10.4 Å². The summed E-state index contributed by atoms with van der Waals surface area (Å²) in [5, 5.41) is 11.2. The maximum atomic E-state index is 12.1. The van der Waals surface area contributed by atoms with Crippen molar-refractivity contribution in [2.24, 2.45) is 52.8 Å². The maximum absolute atomic E-state index is 12.1. The molecule has 0 aromatic heterocycles. The molecule has 4 rings (SSSR count). The first-order chi connectivity index (χ1) is 15.4. The minimum atomic E-state index is -4.69. The van der Waals surface area contributed by atoms with E-state index in [2.05, 4.69) is 13.8 Å². The van der Waals surface area contributed by atoms with Crippen molar-refractivity contribution < 1.29 is 78.4 Å². The number of ketones is 1. The molecule has 0 heterocycles. The van der Waals surface area contributed by atoms with E-state index in [1.807, 2.05) is 13.8 Å². The number of aliphatic hydroxyl groups excluding tert-OH is 1. The first-order valence-corrected chi connectivity index (χ1v) is 14.6. The van der Waals surface area contributed by atoms with Crippen molar-refractivity contribution in [1.29, 1.82) is 0 Å². The maximum Gasteiger partial charge on any atom is 1.00 e. The van der Waals surface area contributed by atoms with Crippen molar-refractivity contribution in [3.8, 4) is 0 Å². The fourth-order valence-corrected chi connectivity index (χ4v) is 9.35. The summed E-state index contributed by atoms with van der Waals surface area (Å²) in [5.41, 5.74) is 0.193. The van der Waals surface area contributed by atoms with E-state index in [0.717, 1.165) is 38.5 Å². The van der Waals surface area contributed by atoms with E-state index < -0.39 is 16.5 Å². The van der Waals surface area contributed by atoms with E-state index in [4.69, 9.17) is 4.18 Å². The first kappa shape index (κ1) is 29.7. The first-order valence-electron chi connectivity index (χ1n) is 13.2. The van der Waals surface area contributed by atoms with Gasteiger partial charge in [-0.2, -0.15) is 0 Å². The van der Waals surface area contributed by atoms with Gasteiger partial charge in [0.1, 0.15) is 5.78 Å². The molecule has 4 unspecified atom stereocenters. The predicted octanol–water partition coefficient (Wildman–Crippen LogP) is 1.72. The standard InChI is InChI=1S/C26H44O6S.K/c1-15(2)24(32-33(29,30)31)10-5-16(3)19-6-7-21-20(19)8-9-22-25(21)23(28)14-17-13-18(27)11-12-26(17,22)4;/h15-17,19-25,28H,5-14H2,1-4H3,(H,29,30,31);/q;+1/p-1/t16-,17-,19-,20?,21?,22?,23-,24-,25?,26+;/m1./s1. The number of Topliss-reactive ketones (excluding diaryl/α,β-unsaturated/α-hetero) is 1. The summed E-state index contributed by atoms with van der Waals surface area (Å²) in [6.45, 7) is 8.46. The normalized spacial score (nSPS) is 41.7. The van der Waals surface area contributed by atoms with Crippen molar-refractivity contribution in [2.45, 2.75) is 104 Å². The van der Waals surface area contributed by atoms with Gasteiger partial charge in [-0.1, -0.05) is 27.7 Å². The summed E-state index contributed by atoms with van der Waals surface area (Å²) in [4.78, 5) is 12.1. The Morgan fingerprint density at radius 2 is 1.79 bits per heavy atom. The summed E-state index contributed by atoms with van der Waals surface area (Å²) < 4.78 is 38.2. The second-order valence-electron chi connectivity index (χ2n) is 12.4. The number of carbonyl (C=O) groups excluding carboxylic acids is 1. The molecule has 8 heteroatoms. The van der Waals surface area contributed by atoms with Gasteiger partial charge in [0.05, 0.1) is 12.2 Å². The van der Waals surface area contributed by atoms with Gasteiger partial charge in [0.15, 0.2) is 0 Å². The van der Waals surface area contributed by atoms with Gasteiger partial charge in [-0.15, -0.1) is 0 Å². The monoisotopic (exact) mass is 522 g/mol. The molecule has 4 aliphatic carbocycles. The molecule has 0 bridgehead atoms. The average molecular weight is 523 g/mol. The van der Waals surface area contributed by atoms with E-state index in [9.17, 15) is 22.9 Å². The molecule has 0 amide bonds. The van der Waals surface area contributed by atoms with Crippen molar-refractivity contribution >= 4 is 16.2 Å². The third-order valence-corrected chi connectivity index (χ3v) is 11.0. The third-order valence-electron chi connectivity index (χ3n) is 10.5. The quantitative estimate of drug-likeness (QED) is 0.310. The number of carbonyl (C=O) groups is 1. The molecule has 0 spiro atoms. The molecule has 0 aromatic rings. The Bertz CT molecular complexity index is 831. The number of aliphatic hydroxyl groups is 1. The van der Waals surface area contributed by atoms with E-state index in [-0.39, 0.29) is 68.8 Å². The van der Waals surface area contributed by atoms with Gasteiger partial charge in [-0.25, -0.2) is 8.42 Å². The Balaban J connectivity index is 0.00000324. The van der Waals surface area contributed by atoms with Gasteiger partial charge < -0.3 is 9.66 Å². The van der Waals surface area contributed by atoms with Crippen molar-refractivity contribution in [2.75, 3.05) is 0 Å². The largest absolute Gasteiger partial charge is 1.00 e. The van der Waals surface area contributed by atoms with Crippen molar-refractivity contribution in [1.82, 2.24) is 0 Å². The minimum Gasteiger partial charge on any atom is -0.726 e. The summed E-state index contributed by atoms with van der Waals surface area (Å²) >= 11 is 0. The summed E-state index contributed by atoms with van der Waals surface area (Å²) in [7, 11) is -4.69.